The first-order valence-electron chi connectivity index (χ1n) is 4.65. The maximum Gasteiger partial charge on any atom is 0.223 e. The summed E-state index contributed by atoms with van der Waals surface area (Å²) in [6, 6.07) is 0. The molecular weight excluding hydrogens is 182 g/mol. The number of primary amides is 1. The largest absolute Gasteiger partial charge is 0.369 e. The zero-order chi connectivity index (χ0) is 10.9. The van der Waals surface area contributed by atoms with E-state index < -0.39 is 11.4 Å². The number of nitrogens with two attached hydrogens (primary N) is 2. The lowest BCUT2D eigenvalue weighted by Gasteiger charge is -2.26. The molecule has 1 aliphatic rings. The van der Waals surface area contributed by atoms with Crippen LogP contribution < -0.4 is 11.5 Å². The lowest BCUT2D eigenvalue weighted by molar-refractivity contribution is -0.129. The van der Waals surface area contributed by atoms with Crippen LogP contribution in [0.4, 0.5) is 0 Å². The van der Waals surface area contributed by atoms with Crippen molar-refractivity contribution in [2.24, 2.45) is 17.4 Å². The van der Waals surface area contributed by atoms with Crippen LogP contribution in [0.25, 0.3) is 0 Å². The number of amides is 2. The Morgan fingerprint density at radius 2 is 2.21 bits per heavy atom. The van der Waals surface area contributed by atoms with E-state index >= 15 is 0 Å². The summed E-state index contributed by atoms with van der Waals surface area (Å²) >= 11 is 0. The molecule has 0 saturated carbocycles. The fraction of sp³-hybridized carbons (Fsp3) is 0.778. The Balaban J connectivity index is 2.58. The standard InChI is InChI=1S/C9H17N3O2/c1-9(2,11)5-12-4-6(8(10)14)3-7(12)13/h6H,3-5,11H2,1-2H3,(H2,10,14). The number of likely N-dealkylation sites (tertiary alicyclic amines) is 1. The van der Waals surface area contributed by atoms with Gasteiger partial charge in [0.15, 0.2) is 0 Å². The van der Waals surface area contributed by atoms with Crippen molar-refractivity contribution in [3.8, 4) is 0 Å². The Bertz CT molecular complexity index is 257. The van der Waals surface area contributed by atoms with Gasteiger partial charge >= 0.3 is 0 Å². The van der Waals surface area contributed by atoms with Crippen molar-refractivity contribution in [3.05, 3.63) is 0 Å². The number of hydrogen-bond acceptors (Lipinski definition) is 3. The summed E-state index contributed by atoms with van der Waals surface area (Å²) in [6.07, 6.45) is 0.228. The Morgan fingerprint density at radius 3 is 2.57 bits per heavy atom. The van der Waals surface area contributed by atoms with Crippen LogP contribution in [0.15, 0.2) is 0 Å². The van der Waals surface area contributed by atoms with E-state index in [1.165, 1.54) is 0 Å². The van der Waals surface area contributed by atoms with Crippen molar-refractivity contribution in [2.75, 3.05) is 13.1 Å². The molecule has 1 fully saturated rings. The molecule has 1 saturated heterocycles. The van der Waals surface area contributed by atoms with Crippen LogP contribution in [0.2, 0.25) is 0 Å². The van der Waals surface area contributed by atoms with E-state index in [1.54, 1.807) is 4.90 Å². The van der Waals surface area contributed by atoms with E-state index in [2.05, 4.69) is 0 Å². The van der Waals surface area contributed by atoms with Gasteiger partial charge < -0.3 is 16.4 Å². The normalized spacial score (nSPS) is 22.9. The van der Waals surface area contributed by atoms with Crippen molar-refractivity contribution in [1.29, 1.82) is 0 Å². The van der Waals surface area contributed by atoms with Gasteiger partial charge in [-0.15, -0.1) is 0 Å². The van der Waals surface area contributed by atoms with Crippen LogP contribution in [-0.2, 0) is 9.59 Å². The fourth-order valence-corrected chi connectivity index (χ4v) is 1.61. The van der Waals surface area contributed by atoms with Gasteiger partial charge in [-0.25, -0.2) is 0 Å². The minimum atomic E-state index is -0.428. The molecule has 0 aromatic carbocycles. The van der Waals surface area contributed by atoms with Crippen LogP contribution in [0.3, 0.4) is 0 Å². The van der Waals surface area contributed by atoms with E-state index in [1.807, 2.05) is 13.8 Å². The number of nitrogens with zero attached hydrogens (tertiary/aromatic N) is 1. The topological polar surface area (TPSA) is 89.4 Å². The maximum atomic E-state index is 11.4. The summed E-state index contributed by atoms with van der Waals surface area (Å²) < 4.78 is 0. The summed E-state index contributed by atoms with van der Waals surface area (Å²) in [5.74, 6) is -0.784. The summed E-state index contributed by atoms with van der Waals surface area (Å²) in [7, 11) is 0. The van der Waals surface area contributed by atoms with Gasteiger partial charge in [0.2, 0.25) is 11.8 Å². The molecule has 14 heavy (non-hydrogen) atoms. The Hall–Kier alpha value is -1.10. The second-order valence-electron chi connectivity index (χ2n) is 4.57. The monoisotopic (exact) mass is 199 g/mol. The predicted octanol–water partition coefficient (Wildman–Crippen LogP) is -0.942. The molecule has 1 heterocycles. The molecule has 80 valence electrons. The van der Waals surface area contributed by atoms with E-state index in [9.17, 15) is 9.59 Å². The van der Waals surface area contributed by atoms with Gasteiger partial charge in [-0.1, -0.05) is 0 Å². The minimum absolute atomic E-state index is 0.0349. The van der Waals surface area contributed by atoms with Crippen molar-refractivity contribution in [3.63, 3.8) is 0 Å². The number of hydrogen-bond donors (Lipinski definition) is 2. The van der Waals surface area contributed by atoms with Crippen molar-refractivity contribution in [2.45, 2.75) is 25.8 Å². The third kappa shape index (κ3) is 2.70. The molecule has 0 bridgehead atoms. The molecule has 1 aliphatic heterocycles. The van der Waals surface area contributed by atoms with Crippen molar-refractivity contribution in [1.82, 2.24) is 4.90 Å². The van der Waals surface area contributed by atoms with E-state index in [0.29, 0.717) is 13.1 Å². The molecule has 0 radical (unpaired) electrons. The number of carbonyl (C=O) groups excluding carboxylic acids is 2. The van der Waals surface area contributed by atoms with Crippen LogP contribution in [0.5, 0.6) is 0 Å². The summed E-state index contributed by atoms with van der Waals surface area (Å²) in [5, 5.41) is 0. The van der Waals surface area contributed by atoms with Crippen LogP contribution in [-0.4, -0.2) is 35.3 Å². The highest BCUT2D eigenvalue weighted by atomic mass is 16.2. The highest BCUT2D eigenvalue weighted by Crippen LogP contribution is 2.18. The quantitative estimate of drug-likeness (QED) is 0.614. The average Bonchev–Trinajstić information content (AvgIpc) is 2.29. The summed E-state index contributed by atoms with van der Waals surface area (Å²) in [5.41, 5.74) is 10.5. The summed E-state index contributed by atoms with van der Waals surface area (Å²) in [4.78, 5) is 23.9. The van der Waals surface area contributed by atoms with E-state index in [0.717, 1.165) is 0 Å². The third-order valence-corrected chi connectivity index (χ3v) is 2.22. The molecule has 0 aromatic rings. The zero-order valence-electron chi connectivity index (χ0n) is 8.62. The highest BCUT2D eigenvalue weighted by Gasteiger charge is 2.34. The van der Waals surface area contributed by atoms with Gasteiger partial charge in [-0.3, -0.25) is 9.59 Å². The molecule has 0 aromatic heterocycles. The van der Waals surface area contributed by atoms with E-state index in [-0.39, 0.29) is 18.2 Å². The zero-order valence-corrected chi connectivity index (χ0v) is 8.62. The van der Waals surface area contributed by atoms with Crippen molar-refractivity contribution >= 4 is 11.8 Å². The van der Waals surface area contributed by atoms with Crippen LogP contribution in [0, 0.1) is 5.92 Å². The molecule has 1 rings (SSSR count). The molecular formula is C9H17N3O2. The Labute approximate surface area is 83.4 Å². The highest BCUT2D eigenvalue weighted by molar-refractivity contribution is 5.88. The molecule has 2 amide bonds. The van der Waals surface area contributed by atoms with E-state index in [4.69, 9.17) is 11.5 Å². The third-order valence-electron chi connectivity index (χ3n) is 2.22. The molecule has 4 N–H and O–H groups in total. The van der Waals surface area contributed by atoms with Crippen molar-refractivity contribution < 1.29 is 9.59 Å². The van der Waals surface area contributed by atoms with Gasteiger partial charge in [-0.2, -0.15) is 0 Å². The molecule has 1 unspecified atom stereocenters. The maximum absolute atomic E-state index is 11.4. The second-order valence-corrected chi connectivity index (χ2v) is 4.57. The lowest BCUT2D eigenvalue weighted by atomic mass is 10.1. The summed E-state index contributed by atoms with van der Waals surface area (Å²) in [6.45, 7) is 4.57. The molecule has 5 heteroatoms. The average molecular weight is 199 g/mol. The lowest BCUT2D eigenvalue weighted by Crippen LogP contribution is -2.46. The number of carbonyl (C=O) groups is 2. The van der Waals surface area contributed by atoms with Crippen LogP contribution in [0.1, 0.15) is 20.3 Å². The molecule has 5 nitrogen and oxygen atoms in total. The molecule has 0 aliphatic carbocycles. The van der Waals surface area contributed by atoms with Gasteiger partial charge in [0, 0.05) is 25.0 Å². The minimum Gasteiger partial charge on any atom is -0.369 e. The SMILES string of the molecule is CC(C)(N)CN1CC(C(N)=O)CC1=O. The first-order valence-corrected chi connectivity index (χ1v) is 4.65. The molecule has 0 spiro atoms. The van der Waals surface area contributed by atoms with Gasteiger partial charge in [-0.05, 0) is 13.8 Å². The first kappa shape index (κ1) is 11.0. The predicted molar refractivity (Wildman–Crippen MR) is 52.1 cm³/mol. The smallest absolute Gasteiger partial charge is 0.223 e. The van der Waals surface area contributed by atoms with Gasteiger partial charge in [0.25, 0.3) is 0 Å². The van der Waals surface area contributed by atoms with Gasteiger partial charge in [0.1, 0.15) is 0 Å². The Kier molecular flexibility index (Phi) is 2.80. The van der Waals surface area contributed by atoms with Gasteiger partial charge in [0.05, 0.1) is 5.92 Å². The fourth-order valence-electron chi connectivity index (χ4n) is 1.61. The van der Waals surface area contributed by atoms with Crippen LogP contribution >= 0.6 is 0 Å². The second kappa shape index (κ2) is 3.57. The Morgan fingerprint density at radius 1 is 1.64 bits per heavy atom. The first-order chi connectivity index (χ1) is 6.29. The molecule has 1 atom stereocenters. The number of rotatable bonds is 3.